The molecular weight excluding hydrogens is 460 g/mol. The molecule has 0 radical (unpaired) electrons. The molecule has 0 aliphatic carbocycles. The van der Waals surface area contributed by atoms with Crippen LogP contribution in [0.4, 0.5) is 17.1 Å². The van der Waals surface area contributed by atoms with Gasteiger partial charge in [-0.3, -0.25) is 19.7 Å². The van der Waals surface area contributed by atoms with Gasteiger partial charge in [0, 0.05) is 62.2 Å². The molecule has 1 fully saturated rings. The molecule has 2 heterocycles. The molecule has 0 saturated carbocycles. The van der Waals surface area contributed by atoms with Crippen LogP contribution in [-0.4, -0.2) is 63.8 Å². The maximum absolute atomic E-state index is 12.3. The second-order valence-electron chi connectivity index (χ2n) is 7.55. The molecule has 34 heavy (non-hydrogen) atoms. The van der Waals surface area contributed by atoms with Crippen LogP contribution >= 0.6 is 11.8 Å². The van der Waals surface area contributed by atoms with Crippen LogP contribution in [0.15, 0.2) is 58.2 Å². The summed E-state index contributed by atoms with van der Waals surface area (Å²) >= 11 is 1.10. The molecule has 0 spiro atoms. The normalized spacial score (nSPS) is 13.6. The van der Waals surface area contributed by atoms with Crippen molar-refractivity contribution >= 4 is 40.6 Å². The van der Waals surface area contributed by atoms with Crippen LogP contribution in [-0.2, 0) is 9.59 Å². The number of amides is 2. The first-order valence-corrected chi connectivity index (χ1v) is 11.5. The van der Waals surface area contributed by atoms with E-state index < -0.39 is 4.92 Å². The summed E-state index contributed by atoms with van der Waals surface area (Å²) in [6.07, 6.45) is 0. The Kier molecular flexibility index (Phi) is 7.07. The van der Waals surface area contributed by atoms with Crippen molar-refractivity contribution in [2.45, 2.75) is 12.1 Å². The van der Waals surface area contributed by atoms with Crippen molar-refractivity contribution in [1.29, 1.82) is 0 Å². The van der Waals surface area contributed by atoms with E-state index in [1.54, 1.807) is 6.92 Å². The molecule has 1 saturated heterocycles. The number of benzene rings is 2. The Hall–Kier alpha value is -3.93. The molecule has 12 heteroatoms. The van der Waals surface area contributed by atoms with Crippen molar-refractivity contribution < 1.29 is 18.9 Å². The van der Waals surface area contributed by atoms with Crippen LogP contribution < -0.4 is 10.2 Å². The first kappa shape index (κ1) is 23.2. The average molecular weight is 483 g/mol. The zero-order valence-corrected chi connectivity index (χ0v) is 19.2. The van der Waals surface area contributed by atoms with Gasteiger partial charge in [0.15, 0.2) is 0 Å². The predicted molar refractivity (Wildman–Crippen MR) is 127 cm³/mol. The van der Waals surface area contributed by atoms with E-state index in [0.29, 0.717) is 24.3 Å². The van der Waals surface area contributed by atoms with Crippen molar-refractivity contribution in [2.75, 3.05) is 42.1 Å². The van der Waals surface area contributed by atoms with Gasteiger partial charge >= 0.3 is 0 Å². The van der Waals surface area contributed by atoms with Crippen LogP contribution in [0.25, 0.3) is 11.5 Å². The molecule has 176 valence electrons. The van der Waals surface area contributed by atoms with E-state index in [1.165, 1.54) is 24.3 Å². The molecule has 0 atom stereocenters. The van der Waals surface area contributed by atoms with Gasteiger partial charge in [0.2, 0.25) is 17.7 Å². The number of nitrogens with zero attached hydrogens (tertiary/aromatic N) is 5. The van der Waals surface area contributed by atoms with Crippen molar-refractivity contribution in [1.82, 2.24) is 15.1 Å². The minimum absolute atomic E-state index is 0.0295. The number of nitro groups is 1. The Bertz CT molecular complexity index is 1170. The lowest BCUT2D eigenvalue weighted by Crippen LogP contribution is -2.48. The minimum Gasteiger partial charge on any atom is -0.411 e. The summed E-state index contributed by atoms with van der Waals surface area (Å²) in [5, 5.41) is 21.6. The fourth-order valence-electron chi connectivity index (χ4n) is 3.47. The highest BCUT2D eigenvalue weighted by Gasteiger charge is 2.19. The SMILES string of the molecule is CC(=O)N1CCN(c2ccc(NC(=O)CSc3nnc(-c4ccc([N+](=O)[O-])cc4)o3)cc2)CC1. The number of non-ortho nitro benzene ring substituents is 1. The van der Waals surface area contributed by atoms with Gasteiger partial charge in [0.25, 0.3) is 10.9 Å². The third-order valence-electron chi connectivity index (χ3n) is 5.30. The number of hydrogen-bond donors (Lipinski definition) is 1. The third-order valence-corrected chi connectivity index (χ3v) is 6.12. The van der Waals surface area contributed by atoms with Gasteiger partial charge < -0.3 is 19.5 Å². The van der Waals surface area contributed by atoms with E-state index in [9.17, 15) is 19.7 Å². The van der Waals surface area contributed by atoms with Crippen LogP contribution in [0.2, 0.25) is 0 Å². The highest BCUT2D eigenvalue weighted by molar-refractivity contribution is 7.99. The van der Waals surface area contributed by atoms with Gasteiger partial charge in [-0.05, 0) is 36.4 Å². The summed E-state index contributed by atoms with van der Waals surface area (Å²) in [6, 6.07) is 13.3. The second-order valence-corrected chi connectivity index (χ2v) is 8.48. The molecule has 3 aromatic rings. The number of carbonyl (C=O) groups excluding carboxylic acids is 2. The highest BCUT2D eigenvalue weighted by atomic mass is 32.2. The van der Waals surface area contributed by atoms with Crippen LogP contribution in [0, 0.1) is 10.1 Å². The number of rotatable bonds is 7. The smallest absolute Gasteiger partial charge is 0.277 e. The van der Waals surface area contributed by atoms with Crippen molar-refractivity contribution in [2.24, 2.45) is 0 Å². The summed E-state index contributed by atoms with van der Waals surface area (Å²) in [6.45, 7) is 4.53. The van der Waals surface area contributed by atoms with Crippen molar-refractivity contribution in [3.63, 3.8) is 0 Å². The Labute approximate surface area is 199 Å². The van der Waals surface area contributed by atoms with Crippen molar-refractivity contribution in [3.05, 3.63) is 58.6 Å². The Morgan fingerprint density at radius 1 is 1.06 bits per heavy atom. The third kappa shape index (κ3) is 5.70. The Balaban J connectivity index is 1.26. The van der Waals surface area contributed by atoms with E-state index in [2.05, 4.69) is 20.4 Å². The van der Waals surface area contributed by atoms with Crippen LogP contribution in [0.3, 0.4) is 0 Å². The largest absolute Gasteiger partial charge is 0.411 e. The highest BCUT2D eigenvalue weighted by Crippen LogP contribution is 2.25. The zero-order valence-electron chi connectivity index (χ0n) is 18.3. The predicted octanol–water partition coefficient (Wildman–Crippen LogP) is 3.04. The topological polar surface area (TPSA) is 135 Å². The number of thioether (sulfide) groups is 1. The number of carbonyl (C=O) groups is 2. The fourth-order valence-corrected chi connectivity index (χ4v) is 4.03. The molecule has 1 N–H and O–H groups in total. The maximum atomic E-state index is 12.3. The summed E-state index contributed by atoms with van der Waals surface area (Å²) in [5.74, 6) is 0.176. The lowest BCUT2D eigenvalue weighted by atomic mass is 10.2. The van der Waals surface area contributed by atoms with Gasteiger partial charge in [-0.2, -0.15) is 0 Å². The number of piperazine rings is 1. The molecular formula is C22H22N6O5S. The van der Waals surface area contributed by atoms with E-state index >= 15 is 0 Å². The van der Waals surface area contributed by atoms with Gasteiger partial charge in [-0.1, -0.05) is 11.8 Å². The van der Waals surface area contributed by atoms with Crippen molar-refractivity contribution in [3.8, 4) is 11.5 Å². The zero-order chi connectivity index (χ0) is 24.1. The summed E-state index contributed by atoms with van der Waals surface area (Å²) in [5.41, 5.74) is 2.24. The molecule has 1 aliphatic heterocycles. The summed E-state index contributed by atoms with van der Waals surface area (Å²) in [7, 11) is 0. The molecule has 2 aromatic carbocycles. The quantitative estimate of drug-likeness (QED) is 0.306. The monoisotopic (exact) mass is 482 g/mol. The lowest BCUT2D eigenvalue weighted by Gasteiger charge is -2.35. The molecule has 0 unspecified atom stereocenters. The molecule has 11 nitrogen and oxygen atoms in total. The van der Waals surface area contributed by atoms with Gasteiger partial charge in [-0.25, -0.2) is 0 Å². The first-order chi connectivity index (χ1) is 16.4. The Morgan fingerprint density at radius 2 is 1.74 bits per heavy atom. The van der Waals surface area contributed by atoms with Gasteiger partial charge in [0.1, 0.15) is 0 Å². The van der Waals surface area contributed by atoms with E-state index in [1.807, 2.05) is 29.2 Å². The summed E-state index contributed by atoms with van der Waals surface area (Å²) < 4.78 is 5.54. The molecule has 1 aromatic heterocycles. The minimum atomic E-state index is -0.484. The standard InChI is InChI=1S/C22H22N6O5S/c1-15(29)26-10-12-27(13-11-26)18-8-4-17(5-9-18)23-20(30)14-34-22-25-24-21(33-22)16-2-6-19(7-3-16)28(31)32/h2-9H,10-14H2,1H3,(H,23,30). The average Bonchev–Trinajstić information content (AvgIpc) is 3.32. The van der Waals surface area contributed by atoms with Gasteiger partial charge in [0.05, 0.1) is 10.7 Å². The molecule has 4 rings (SSSR count). The molecule has 2 amide bonds. The number of aromatic nitrogens is 2. The van der Waals surface area contributed by atoms with Crippen LogP contribution in [0.5, 0.6) is 0 Å². The first-order valence-electron chi connectivity index (χ1n) is 10.5. The van der Waals surface area contributed by atoms with E-state index in [0.717, 1.165) is 30.5 Å². The van der Waals surface area contributed by atoms with E-state index in [4.69, 9.17) is 4.42 Å². The van der Waals surface area contributed by atoms with E-state index in [-0.39, 0.29) is 34.4 Å². The van der Waals surface area contributed by atoms with Crippen LogP contribution in [0.1, 0.15) is 6.92 Å². The second kappa shape index (κ2) is 10.3. The number of nitro benzene ring substituents is 1. The maximum Gasteiger partial charge on any atom is 0.277 e. The summed E-state index contributed by atoms with van der Waals surface area (Å²) in [4.78, 5) is 38.1. The van der Waals surface area contributed by atoms with Gasteiger partial charge in [-0.15, -0.1) is 10.2 Å². The lowest BCUT2D eigenvalue weighted by molar-refractivity contribution is -0.384. The Morgan fingerprint density at radius 3 is 2.35 bits per heavy atom. The molecule has 0 bridgehead atoms. The number of hydrogen-bond acceptors (Lipinski definition) is 9. The molecule has 1 aliphatic rings. The fraction of sp³-hybridized carbons (Fsp3) is 0.273. The number of anilines is 2. The number of nitrogens with one attached hydrogen (secondary N) is 1.